The van der Waals surface area contributed by atoms with Crippen molar-refractivity contribution in [3.05, 3.63) is 11.8 Å². The fraction of sp³-hybridized carbons (Fsp3) is 0.833. The second-order valence-electron chi connectivity index (χ2n) is 1.94. The maximum atomic E-state index is 5.29. The molecule has 0 aliphatic rings. The first-order valence-electron chi connectivity index (χ1n) is 5.63. The van der Waals surface area contributed by atoms with Crippen LogP contribution in [0.1, 0.15) is 61.3 Å². The van der Waals surface area contributed by atoms with E-state index in [1.807, 2.05) is 47.6 Å². The quantitative estimate of drug-likeness (QED) is 0.577. The summed E-state index contributed by atoms with van der Waals surface area (Å²) in [7, 11) is 0. The van der Waals surface area contributed by atoms with Gasteiger partial charge in [0.15, 0.2) is 0 Å². The van der Waals surface area contributed by atoms with Gasteiger partial charge in [0.05, 0.1) is 12.4 Å². The third-order valence-corrected chi connectivity index (χ3v) is 1.15. The highest BCUT2D eigenvalue weighted by Crippen LogP contribution is 2.04. The maximum absolute atomic E-state index is 5.29. The first kappa shape index (κ1) is 18.3. The third kappa shape index (κ3) is 18.5. The van der Waals surface area contributed by atoms with E-state index in [1.165, 1.54) is 6.42 Å². The van der Waals surface area contributed by atoms with Gasteiger partial charge < -0.3 is 4.74 Å². The Kier molecular flexibility index (Phi) is 31.8. The largest absolute Gasteiger partial charge is 0.499 e. The Balaban J connectivity index is -0.000000218. The SMILES string of the molecule is C/C=C(/CCC)OCC.CC.CC. The van der Waals surface area contributed by atoms with Crippen molar-refractivity contribution >= 4 is 0 Å². The predicted octanol–water partition coefficient (Wildman–Crippen LogP) is 4.78. The molecule has 0 unspecified atom stereocenters. The van der Waals surface area contributed by atoms with Crippen molar-refractivity contribution in [1.82, 2.24) is 0 Å². The molecule has 0 aliphatic heterocycles. The summed E-state index contributed by atoms with van der Waals surface area (Å²) in [5.74, 6) is 1.12. The molecule has 0 aliphatic carbocycles. The summed E-state index contributed by atoms with van der Waals surface area (Å²) in [5.41, 5.74) is 0. The van der Waals surface area contributed by atoms with Crippen molar-refractivity contribution in [2.24, 2.45) is 0 Å². The molecule has 0 aromatic carbocycles. The van der Waals surface area contributed by atoms with Crippen LogP contribution in [-0.2, 0) is 4.74 Å². The smallest absolute Gasteiger partial charge is 0.0916 e. The van der Waals surface area contributed by atoms with Crippen LogP contribution in [0.5, 0.6) is 0 Å². The van der Waals surface area contributed by atoms with Gasteiger partial charge in [-0.25, -0.2) is 0 Å². The highest BCUT2D eigenvalue weighted by molar-refractivity contribution is 4.89. The summed E-state index contributed by atoms with van der Waals surface area (Å²) >= 11 is 0. The fourth-order valence-corrected chi connectivity index (χ4v) is 0.732. The van der Waals surface area contributed by atoms with Crippen molar-refractivity contribution in [2.45, 2.75) is 61.3 Å². The third-order valence-electron chi connectivity index (χ3n) is 1.15. The minimum Gasteiger partial charge on any atom is -0.499 e. The molecular formula is C12H28O. The minimum atomic E-state index is 0.791. The molecule has 0 atom stereocenters. The van der Waals surface area contributed by atoms with Gasteiger partial charge in [-0.05, 0) is 26.3 Å². The first-order chi connectivity index (χ1) is 6.35. The number of rotatable bonds is 4. The lowest BCUT2D eigenvalue weighted by Crippen LogP contribution is -1.89. The lowest BCUT2D eigenvalue weighted by atomic mass is 10.3. The molecule has 0 radical (unpaired) electrons. The van der Waals surface area contributed by atoms with Gasteiger partial charge in [0.1, 0.15) is 0 Å². The second kappa shape index (κ2) is 22.5. The molecule has 1 nitrogen and oxygen atoms in total. The molecule has 0 heterocycles. The predicted molar refractivity (Wildman–Crippen MR) is 63.0 cm³/mol. The normalized spacial score (nSPS) is 9.00. The summed E-state index contributed by atoms with van der Waals surface area (Å²) in [6, 6.07) is 0. The van der Waals surface area contributed by atoms with Crippen LogP contribution in [0.3, 0.4) is 0 Å². The topological polar surface area (TPSA) is 9.23 Å². The van der Waals surface area contributed by atoms with Crippen molar-refractivity contribution in [2.75, 3.05) is 6.61 Å². The van der Waals surface area contributed by atoms with Gasteiger partial charge >= 0.3 is 0 Å². The van der Waals surface area contributed by atoms with Gasteiger partial charge in [0, 0.05) is 6.42 Å². The van der Waals surface area contributed by atoms with E-state index in [9.17, 15) is 0 Å². The Morgan fingerprint density at radius 2 is 1.54 bits per heavy atom. The minimum absolute atomic E-state index is 0.791. The summed E-state index contributed by atoms with van der Waals surface area (Å²) in [4.78, 5) is 0. The average molecular weight is 188 g/mol. The van der Waals surface area contributed by atoms with E-state index in [-0.39, 0.29) is 0 Å². The van der Waals surface area contributed by atoms with Gasteiger partial charge in [-0.2, -0.15) is 0 Å². The van der Waals surface area contributed by atoms with Crippen molar-refractivity contribution in [3.8, 4) is 0 Å². The molecule has 0 amide bonds. The zero-order valence-corrected chi connectivity index (χ0v) is 10.6. The lowest BCUT2D eigenvalue weighted by molar-refractivity contribution is 0.217. The Morgan fingerprint density at radius 3 is 1.77 bits per heavy atom. The lowest BCUT2D eigenvalue weighted by Gasteiger charge is -2.04. The van der Waals surface area contributed by atoms with Gasteiger partial charge in [-0.15, -0.1) is 0 Å². The number of ether oxygens (including phenoxy) is 1. The Hall–Kier alpha value is -0.460. The number of allylic oxidation sites excluding steroid dienone is 2. The fourth-order valence-electron chi connectivity index (χ4n) is 0.732. The van der Waals surface area contributed by atoms with E-state index < -0.39 is 0 Å². The second-order valence-corrected chi connectivity index (χ2v) is 1.94. The van der Waals surface area contributed by atoms with Crippen LogP contribution in [0, 0.1) is 0 Å². The maximum Gasteiger partial charge on any atom is 0.0916 e. The average Bonchev–Trinajstić information content (AvgIpc) is 2.23. The van der Waals surface area contributed by atoms with Gasteiger partial charge in [0.25, 0.3) is 0 Å². The Morgan fingerprint density at radius 1 is 1.08 bits per heavy atom. The Bertz CT molecular complexity index is 77.1. The molecule has 0 saturated heterocycles. The highest BCUT2D eigenvalue weighted by atomic mass is 16.5. The molecule has 0 N–H and O–H groups in total. The molecule has 0 aromatic rings. The van der Waals surface area contributed by atoms with Gasteiger partial charge in [-0.1, -0.05) is 34.6 Å². The Labute approximate surface area is 85.2 Å². The summed E-state index contributed by atoms with van der Waals surface area (Å²) in [6.45, 7) is 15.0. The van der Waals surface area contributed by atoms with E-state index in [4.69, 9.17) is 4.74 Å². The zero-order chi connectivity index (χ0) is 11.1. The molecule has 0 aromatic heterocycles. The van der Waals surface area contributed by atoms with Crippen LogP contribution in [0.4, 0.5) is 0 Å². The molecule has 0 saturated carbocycles. The van der Waals surface area contributed by atoms with Crippen LogP contribution >= 0.6 is 0 Å². The number of hydrogen-bond acceptors (Lipinski definition) is 1. The highest BCUT2D eigenvalue weighted by Gasteiger charge is 1.90. The number of hydrogen-bond donors (Lipinski definition) is 0. The van der Waals surface area contributed by atoms with E-state index in [2.05, 4.69) is 6.92 Å². The molecule has 0 bridgehead atoms. The van der Waals surface area contributed by atoms with Crippen molar-refractivity contribution < 1.29 is 4.74 Å². The standard InChI is InChI=1S/C8H16O.2C2H6/c1-4-7-8(5-2)9-6-3;2*1-2/h5H,4,6-7H2,1-3H3;2*1-2H3/b8-5-;;. The molecule has 0 spiro atoms. The zero-order valence-electron chi connectivity index (χ0n) is 10.6. The molecule has 0 fully saturated rings. The van der Waals surface area contributed by atoms with Crippen molar-refractivity contribution in [1.29, 1.82) is 0 Å². The van der Waals surface area contributed by atoms with Gasteiger partial charge in [-0.3, -0.25) is 0 Å². The van der Waals surface area contributed by atoms with Crippen LogP contribution < -0.4 is 0 Å². The van der Waals surface area contributed by atoms with Crippen LogP contribution in [0.2, 0.25) is 0 Å². The molecule has 82 valence electrons. The molecule has 1 heteroatoms. The molecule has 0 rings (SSSR count). The van der Waals surface area contributed by atoms with E-state index in [1.54, 1.807) is 0 Å². The van der Waals surface area contributed by atoms with Gasteiger partial charge in [0.2, 0.25) is 0 Å². The van der Waals surface area contributed by atoms with Crippen LogP contribution in [-0.4, -0.2) is 6.61 Å². The van der Waals surface area contributed by atoms with Crippen LogP contribution in [0.25, 0.3) is 0 Å². The summed E-state index contributed by atoms with van der Waals surface area (Å²) in [6.07, 6.45) is 4.27. The van der Waals surface area contributed by atoms with E-state index >= 15 is 0 Å². The van der Waals surface area contributed by atoms with Crippen molar-refractivity contribution in [3.63, 3.8) is 0 Å². The molecule has 13 heavy (non-hydrogen) atoms. The first-order valence-corrected chi connectivity index (χ1v) is 5.63. The van der Waals surface area contributed by atoms with E-state index in [0.29, 0.717) is 0 Å². The monoisotopic (exact) mass is 188 g/mol. The van der Waals surface area contributed by atoms with E-state index in [0.717, 1.165) is 18.8 Å². The molecular weight excluding hydrogens is 160 g/mol. The summed E-state index contributed by atoms with van der Waals surface area (Å²) in [5, 5.41) is 0. The van der Waals surface area contributed by atoms with Crippen LogP contribution in [0.15, 0.2) is 11.8 Å². The summed E-state index contributed by atoms with van der Waals surface area (Å²) < 4.78 is 5.29.